The number of oxazole rings is 1. The van der Waals surface area contributed by atoms with Crippen molar-refractivity contribution in [1.29, 1.82) is 0 Å². The standard InChI is InChI=1S/C11H18N2O/c1-8(2)5-6-12-7-11-13-9(3)10(4)14-11/h5,12H,6-7H2,1-4H3. The van der Waals surface area contributed by atoms with Crippen LogP contribution in [0, 0.1) is 13.8 Å². The van der Waals surface area contributed by atoms with E-state index in [9.17, 15) is 0 Å². The average Bonchev–Trinajstić information content (AvgIpc) is 2.40. The number of nitrogens with one attached hydrogen (secondary N) is 1. The van der Waals surface area contributed by atoms with E-state index in [0.29, 0.717) is 6.54 Å². The molecule has 0 spiro atoms. The molecule has 0 atom stereocenters. The van der Waals surface area contributed by atoms with E-state index in [2.05, 4.69) is 30.2 Å². The fourth-order valence-corrected chi connectivity index (χ4v) is 1.07. The molecule has 0 fully saturated rings. The first kappa shape index (κ1) is 11.0. The summed E-state index contributed by atoms with van der Waals surface area (Å²) in [7, 11) is 0. The summed E-state index contributed by atoms with van der Waals surface area (Å²) in [5.41, 5.74) is 2.29. The number of aryl methyl sites for hydroxylation is 2. The van der Waals surface area contributed by atoms with Crippen LogP contribution in [0.25, 0.3) is 0 Å². The van der Waals surface area contributed by atoms with Crippen LogP contribution in [0.4, 0.5) is 0 Å². The van der Waals surface area contributed by atoms with Crippen LogP contribution in [0.1, 0.15) is 31.2 Å². The monoisotopic (exact) mass is 194 g/mol. The molecule has 3 heteroatoms. The summed E-state index contributed by atoms with van der Waals surface area (Å²) in [5, 5.41) is 3.24. The summed E-state index contributed by atoms with van der Waals surface area (Å²) in [6.07, 6.45) is 2.14. The zero-order chi connectivity index (χ0) is 10.6. The number of hydrogen-bond acceptors (Lipinski definition) is 3. The lowest BCUT2D eigenvalue weighted by atomic mass is 10.3. The third kappa shape index (κ3) is 3.34. The molecule has 1 rings (SSSR count). The first-order valence-corrected chi connectivity index (χ1v) is 4.86. The quantitative estimate of drug-likeness (QED) is 0.590. The van der Waals surface area contributed by atoms with Crippen molar-refractivity contribution in [2.24, 2.45) is 0 Å². The number of nitrogens with zero attached hydrogens (tertiary/aromatic N) is 1. The van der Waals surface area contributed by atoms with Crippen molar-refractivity contribution < 1.29 is 4.42 Å². The Bertz CT molecular complexity index is 303. The first-order chi connectivity index (χ1) is 6.59. The number of rotatable bonds is 4. The maximum atomic E-state index is 5.43. The molecule has 3 nitrogen and oxygen atoms in total. The van der Waals surface area contributed by atoms with Crippen LogP contribution in [0.15, 0.2) is 16.1 Å². The van der Waals surface area contributed by atoms with Gasteiger partial charge in [0, 0.05) is 6.54 Å². The molecule has 0 aliphatic heterocycles. The van der Waals surface area contributed by atoms with Crippen molar-refractivity contribution >= 4 is 0 Å². The van der Waals surface area contributed by atoms with E-state index < -0.39 is 0 Å². The average molecular weight is 194 g/mol. The normalized spacial score (nSPS) is 10.3. The molecule has 1 aromatic rings. The van der Waals surface area contributed by atoms with Gasteiger partial charge in [-0.1, -0.05) is 11.6 Å². The predicted octanol–water partition coefficient (Wildman–Crippen LogP) is 2.35. The third-order valence-electron chi connectivity index (χ3n) is 2.00. The molecule has 0 unspecified atom stereocenters. The summed E-state index contributed by atoms with van der Waals surface area (Å²) in [5.74, 6) is 1.67. The molecule has 1 N–H and O–H groups in total. The van der Waals surface area contributed by atoms with Gasteiger partial charge in [0.05, 0.1) is 12.2 Å². The second-order valence-corrected chi connectivity index (χ2v) is 3.66. The molecule has 0 aromatic carbocycles. The fraction of sp³-hybridized carbons (Fsp3) is 0.545. The summed E-state index contributed by atoms with van der Waals surface area (Å²) < 4.78 is 5.43. The number of aromatic nitrogens is 1. The maximum absolute atomic E-state index is 5.43. The molecule has 0 amide bonds. The van der Waals surface area contributed by atoms with E-state index in [1.807, 2.05) is 13.8 Å². The van der Waals surface area contributed by atoms with Gasteiger partial charge in [0.1, 0.15) is 5.76 Å². The molecule has 0 bridgehead atoms. The SMILES string of the molecule is CC(C)=CCNCc1nc(C)c(C)o1. The topological polar surface area (TPSA) is 38.1 Å². The summed E-state index contributed by atoms with van der Waals surface area (Å²) >= 11 is 0. The van der Waals surface area contributed by atoms with E-state index >= 15 is 0 Å². The van der Waals surface area contributed by atoms with Gasteiger partial charge in [-0.05, 0) is 27.7 Å². The first-order valence-electron chi connectivity index (χ1n) is 4.86. The lowest BCUT2D eigenvalue weighted by Gasteiger charge is -1.97. The molecule has 1 aromatic heterocycles. The van der Waals surface area contributed by atoms with Crippen molar-refractivity contribution in [2.75, 3.05) is 6.54 Å². The lowest BCUT2D eigenvalue weighted by Crippen LogP contribution is -2.13. The number of allylic oxidation sites excluding steroid dienone is 1. The van der Waals surface area contributed by atoms with E-state index in [4.69, 9.17) is 4.42 Å². The maximum Gasteiger partial charge on any atom is 0.208 e. The highest BCUT2D eigenvalue weighted by atomic mass is 16.4. The molecule has 0 aliphatic rings. The van der Waals surface area contributed by atoms with Gasteiger partial charge < -0.3 is 9.73 Å². The minimum absolute atomic E-state index is 0.693. The Morgan fingerprint density at radius 2 is 2.14 bits per heavy atom. The van der Waals surface area contributed by atoms with Gasteiger partial charge in [-0.2, -0.15) is 0 Å². The van der Waals surface area contributed by atoms with E-state index in [1.54, 1.807) is 0 Å². The van der Waals surface area contributed by atoms with Crippen molar-refractivity contribution in [3.05, 3.63) is 29.0 Å². The Labute approximate surface area is 85.2 Å². The highest BCUT2D eigenvalue weighted by Crippen LogP contribution is 2.07. The molecule has 14 heavy (non-hydrogen) atoms. The third-order valence-corrected chi connectivity index (χ3v) is 2.00. The van der Waals surface area contributed by atoms with Gasteiger partial charge in [-0.15, -0.1) is 0 Å². The highest BCUT2D eigenvalue weighted by molar-refractivity contribution is 5.05. The molecular weight excluding hydrogens is 176 g/mol. The zero-order valence-electron chi connectivity index (χ0n) is 9.35. The fourth-order valence-electron chi connectivity index (χ4n) is 1.07. The van der Waals surface area contributed by atoms with Crippen LogP contribution in [0.2, 0.25) is 0 Å². The second kappa shape index (κ2) is 4.96. The Hall–Kier alpha value is -1.09. The summed E-state index contributed by atoms with van der Waals surface area (Å²) in [6.45, 7) is 9.61. The van der Waals surface area contributed by atoms with Crippen LogP contribution in [0.3, 0.4) is 0 Å². The van der Waals surface area contributed by atoms with Gasteiger partial charge in [-0.3, -0.25) is 0 Å². The van der Waals surface area contributed by atoms with Crippen molar-refractivity contribution in [2.45, 2.75) is 34.2 Å². The van der Waals surface area contributed by atoms with Crippen molar-refractivity contribution in [1.82, 2.24) is 10.3 Å². The van der Waals surface area contributed by atoms with Gasteiger partial charge in [0.15, 0.2) is 0 Å². The molecule has 0 radical (unpaired) electrons. The summed E-state index contributed by atoms with van der Waals surface area (Å²) in [4.78, 5) is 4.28. The minimum atomic E-state index is 0.693. The van der Waals surface area contributed by atoms with E-state index in [0.717, 1.165) is 23.9 Å². The van der Waals surface area contributed by atoms with Gasteiger partial charge in [0.25, 0.3) is 0 Å². The van der Waals surface area contributed by atoms with Crippen LogP contribution >= 0.6 is 0 Å². The van der Waals surface area contributed by atoms with E-state index in [-0.39, 0.29) is 0 Å². The molecule has 1 heterocycles. The lowest BCUT2D eigenvalue weighted by molar-refractivity contribution is 0.454. The Kier molecular flexibility index (Phi) is 3.89. The van der Waals surface area contributed by atoms with Crippen LogP contribution in [-0.2, 0) is 6.54 Å². The van der Waals surface area contributed by atoms with Gasteiger partial charge in [-0.25, -0.2) is 4.98 Å². The van der Waals surface area contributed by atoms with Crippen molar-refractivity contribution in [3.63, 3.8) is 0 Å². The minimum Gasteiger partial charge on any atom is -0.444 e. The zero-order valence-corrected chi connectivity index (χ0v) is 9.35. The largest absolute Gasteiger partial charge is 0.444 e. The predicted molar refractivity (Wildman–Crippen MR) is 57.1 cm³/mol. The van der Waals surface area contributed by atoms with Crippen LogP contribution in [-0.4, -0.2) is 11.5 Å². The van der Waals surface area contributed by atoms with E-state index in [1.165, 1.54) is 5.57 Å². The summed E-state index contributed by atoms with van der Waals surface area (Å²) in [6, 6.07) is 0. The van der Waals surface area contributed by atoms with Crippen LogP contribution in [0.5, 0.6) is 0 Å². The molecule has 0 saturated heterocycles. The Morgan fingerprint density at radius 1 is 1.43 bits per heavy atom. The number of hydrogen-bond donors (Lipinski definition) is 1. The molecule has 0 saturated carbocycles. The molecule has 0 aliphatic carbocycles. The molecular formula is C11H18N2O. The Morgan fingerprint density at radius 3 is 2.64 bits per heavy atom. The second-order valence-electron chi connectivity index (χ2n) is 3.66. The Balaban J connectivity index is 2.35. The molecule has 78 valence electrons. The highest BCUT2D eigenvalue weighted by Gasteiger charge is 2.03. The van der Waals surface area contributed by atoms with Gasteiger partial charge in [0.2, 0.25) is 5.89 Å². The smallest absolute Gasteiger partial charge is 0.208 e. The van der Waals surface area contributed by atoms with Gasteiger partial charge >= 0.3 is 0 Å². The van der Waals surface area contributed by atoms with Crippen LogP contribution < -0.4 is 5.32 Å². The van der Waals surface area contributed by atoms with Crippen molar-refractivity contribution in [3.8, 4) is 0 Å².